The molecule has 0 radical (unpaired) electrons. The first-order valence-corrected chi connectivity index (χ1v) is 8.20. The smallest absolute Gasteiger partial charge is 0.376 e. The van der Waals surface area contributed by atoms with Crippen LogP contribution in [0.4, 0.5) is 0 Å². The van der Waals surface area contributed by atoms with E-state index in [1.54, 1.807) is 10.9 Å². The number of hydrogen-bond acceptors (Lipinski definition) is 3. The molecule has 0 aliphatic heterocycles. The summed E-state index contributed by atoms with van der Waals surface area (Å²) in [4.78, 5) is 22.1. The number of carboxylic acids is 1. The number of carbonyl (C=O) groups excluding carboxylic acids is 1. The average Bonchev–Trinajstić information content (AvgIpc) is 3.05. The van der Waals surface area contributed by atoms with Crippen LogP contribution in [0.5, 0.6) is 0 Å². The summed E-state index contributed by atoms with van der Waals surface area (Å²) in [6.07, 6.45) is 4.27. The third-order valence-corrected chi connectivity index (χ3v) is 4.03. The van der Waals surface area contributed by atoms with Crippen molar-refractivity contribution in [1.29, 1.82) is 0 Å². The van der Waals surface area contributed by atoms with Gasteiger partial charge in [0, 0.05) is 21.8 Å². The first-order valence-electron chi connectivity index (χ1n) is 7.41. The molecule has 1 N–H and O–H groups in total. The second-order valence-electron chi connectivity index (χ2n) is 5.22. The highest BCUT2D eigenvalue weighted by atomic mass is 79.9. The summed E-state index contributed by atoms with van der Waals surface area (Å²) in [6, 6.07) is 17.1. The molecule has 0 aliphatic rings. The van der Waals surface area contributed by atoms with Crippen molar-refractivity contribution in [2.75, 3.05) is 0 Å². The van der Waals surface area contributed by atoms with E-state index in [2.05, 4.69) is 21.0 Å². The molecule has 0 aliphatic carbocycles. The lowest BCUT2D eigenvalue weighted by Crippen LogP contribution is -2.08. The van der Waals surface area contributed by atoms with E-state index < -0.39 is 11.8 Å². The highest BCUT2D eigenvalue weighted by Gasteiger charge is 2.12. The number of rotatable bonds is 5. The Morgan fingerprint density at radius 1 is 1.04 bits per heavy atom. The maximum atomic E-state index is 11.4. The number of ketones is 1. The molecule has 0 unspecified atom stereocenters. The lowest BCUT2D eigenvalue weighted by molar-refractivity contribution is -0.146. The van der Waals surface area contributed by atoms with E-state index in [1.165, 1.54) is 6.08 Å². The van der Waals surface area contributed by atoms with E-state index in [-0.39, 0.29) is 0 Å². The molecule has 1 heterocycles. The molecule has 0 saturated carbocycles. The molecule has 0 spiro atoms. The first kappa shape index (κ1) is 16.9. The number of aromatic nitrogens is 2. The fourth-order valence-electron chi connectivity index (χ4n) is 2.29. The standard InChI is InChI=1S/C19H13BrN2O3/c20-15-9-6-13(7-10-15)18-14(8-11-17(23)19(24)25)12-22(21-18)16-4-2-1-3-5-16/h1-12H,(H,24,25)/b11-8+. The predicted octanol–water partition coefficient (Wildman–Crippen LogP) is 3.97. The van der Waals surface area contributed by atoms with Crippen LogP contribution >= 0.6 is 15.9 Å². The molecule has 25 heavy (non-hydrogen) atoms. The zero-order valence-electron chi connectivity index (χ0n) is 13.0. The van der Waals surface area contributed by atoms with Gasteiger partial charge in [0.15, 0.2) is 0 Å². The average molecular weight is 397 g/mol. The molecule has 5 nitrogen and oxygen atoms in total. The van der Waals surface area contributed by atoms with E-state index >= 15 is 0 Å². The maximum absolute atomic E-state index is 11.4. The van der Waals surface area contributed by atoms with Gasteiger partial charge in [-0.3, -0.25) is 4.79 Å². The SMILES string of the molecule is O=C(O)C(=O)/C=C/c1cn(-c2ccccc2)nc1-c1ccc(Br)cc1. The van der Waals surface area contributed by atoms with Gasteiger partial charge in [0.25, 0.3) is 5.78 Å². The quantitative estimate of drug-likeness (QED) is 0.523. The molecule has 0 fully saturated rings. The Bertz CT molecular complexity index is 945. The normalized spacial score (nSPS) is 10.9. The lowest BCUT2D eigenvalue weighted by atomic mass is 10.1. The molecule has 124 valence electrons. The highest BCUT2D eigenvalue weighted by molar-refractivity contribution is 9.10. The van der Waals surface area contributed by atoms with Crippen molar-refractivity contribution in [2.45, 2.75) is 0 Å². The van der Waals surface area contributed by atoms with Gasteiger partial charge in [-0.25, -0.2) is 9.48 Å². The fraction of sp³-hybridized carbons (Fsp3) is 0. The van der Waals surface area contributed by atoms with E-state index in [9.17, 15) is 9.59 Å². The van der Waals surface area contributed by atoms with Crippen LogP contribution < -0.4 is 0 Å². The molecule has 1 aromatic heterocycles. The molecule has 0 bridgehead atoms. The number of carbonyl (C=O) groups is 2. The molecular weight excluding hydrogens is 384 g/mol. The molecule has 2 aromatic carbocycles. The topological polar surface area (TPSA) is 72.2 Å². The summed E-state index contributed by atoms with van der Waals surface area (Å²) in [5, 5.41) is 13.3. The summed E-state index contributed by atoms with van der Waals surface area (Å²) >= 11 is 3.39. The molecule has 0 amide bonds. The zero-order valence-corrected chi connectivity index (χ0v) is 14.6. The molecule has 0 atom stereocenters. The second-order valence-corrected chi connectivity index (χ2v) is 6.14. The maximum Gasteiger partial charge on any atom is 0.376 e. The van der Waals surface area contributed by atoms with Crippen LogP contribution in [0.2, 0.25) is 0 Å². The summed E-state index contributed by atoms with van der Waals surface area (Å²) in [5.41, 5.74) is 3.04. The summed E-state index contributed by atoms with van der Waals surface area (Å²) in [5.74, 6) is -2.47. The molecule has 3 aromatic rings. The highest BCUT2D eigenvalue weighted by Crippen LogP contribution is 2.26. The van der Waals surface area contributed by atoms with Crippen molar-refractivity contribution in [2.24, 2.45) is 0 Å². The van der Waals surface area contributed by atoms with Crippen LogP contribution in [0.15, 0.2) is 71.3 Å². The van der Waals surface area contributed by atoms with Crippen molar-refractivity contribution in [1.82, 2.24) is 9.78 Å². The van der Waals surface area contributed by atoms with Gasteiger partial charge in [-0.05, 0) is 36.4 Å². The summed E-state index contributed by atoms with van der Waals surface area (Å²) in [6.45, 7) is 0. The van der Waals surface area contributed by atoms with Crippen LogP contribution in [0, 0.1) is 0 Å². The van der Waals surface area contributed by atoms with Crippen molar-refractivity contribution in [3.05, 3.63) is 76.9 Å². The van der Waals surface area contributed by atoms with Crippen LogP contribution in [-0.4, -0.2) is 26.6 Å². The minimum atomic E-state index is -1.49. The van der Waals surface area contributed by atoms with Gasteiger partial charge in [-0.15, -0.1) is 0 Å². The Labute approximate surface area is 152 Å². The van der Waals surface area contributed by atoms with Crippen molar-refractivity contribution in [3.8, 4) is 16.9 Å². The van der Waals surface area contributed by atoms with E-state index in [4.69, 9.17) is 5.11 Å². The first-order chi connectivity index (χ1) is 12.0. The van der Waals surface area contributed by atoms with Gasteiger partial charge in [-0.1, -0.05) is 46.3 Å². The van der Waals surface area contributed by atoms with Gasteiger partial charge < -0.3 is 5.11 Å². The Hall–Kier alpha value is -2.99. The van der Waals surface area contributed by atoms with Gasteiger partial charge >= 0.3 is 5.97 Å². The van der Waals surface area contributed by atoms with E-state index in [1.807, 2.05) is 54.6 Å². The minimum absolute atomic E-state index is 0.653. The number of para-hydroxylation sites is 1. The van der Waals surface area contributed by atoms with Crippen molar-refractivity contribution >= 4 is 33.8 Å². The van der Waals surface area contributed by atoms with Crippen LogP contribution in [0.3, 0.4) is 0 Å². The molecule has 6 heteroatoms. The lowest BCUT2D eigenvalue weighted by Gasteiger charge is -2.00. The fourth-order valence-corrected chi connectivity index (χ4v) is 2.56. The molecule has 3 rings (SSSR count). The Morgan fingerprint density at radius 2 is 1.72 bits per heavy atom. The van der Waals surface area contributed by atoms with Crippen LogP contribution in [0.25, 0.3) is 23.0 Å². The van der Waals surface area contributed by atoms with Gasteiger partial charge in [-0.2, -0.15) is 5.10 Å². The van der Waals surface area contributed by atoms with Crippen LogP contribution in [0.1, 0.15) is 5.56 Å². The Kier molecular flexibility index (Phi) is 4.90. The summed E-state index contributed by atoms with van der Waals surface area (Å²) in [7, 11) is 0. The molecule has 0 saturated heterocycles. The number of halogens is 1. The number of aliphatic carboxylic acids is 1. The van der Waals surface area contributed by atoms with Gasteiger partial charge in [0.1, 0.15) is 0 Å². The van der Waals surface area contributed by atoms with Crippen molar-refractivity contribution in [3.63, 3.8) is 0 Å². The molecular formula is C19H13BrN2O3. The van der Waals surface area contributed by atoms with Crippen molar-refractivity contribution < 1.29 is 14.7 Å². The number of carboxylic acid groups (broad SMARTS) is 1. The van der Waals surface area contributed by atoms with Crippen LogP contribution in [-0.2, 0) is 9.59 Å². The van der Waals surface area contributed by atoms with E-state index in [0.717, 1.165) is 21.8 Å². The van der Waals surface area contributed by atoms with Gasteiger partial charge in [0.2, 0.25) is 0 Å². The summed E-state index contributed by atoms with van der Waals surface area (Å²) < 4.78 is 2.64. The minimum Gasteiger partial charge on any atom is -0.475 e. The Balaban J connectivity index is 2.07. The van der Waals surface area contributed by atoms with Gasteiger partial charge in [0.05, 0.1) is 11.4 Å². The third kappa shape index (κ3) is 3.92. The number of benzene rings is 2. The Morgan fingerprint density at radius 3 is 2.36 bits per heavy atom. The van der Waals surface area contributed by atoms with E-state index in [0.29, 0.717) is 11.3 Å². The predicted molar refractivity (Wildman–Crippen MR) is 98.4 cm³/mol. The largest absolute Gasteiger partial charge is 0.475 e. The zero-order chi connectivity index (χ0) is 17.8. The third-order valence-electron chi connectivity index (χ3n) is 3.51. The monoisotopic (exact) mass is 396 g/mol. The number of nitrogens with zero attached hydrogens (tertiary/aromatic N) is 2. The second kappa shape index (κ2) is 7.27. The number of hydrogen-bond donors (Lipinski definition) is 1.